The van der Waals surface area contributed by atoms with E-state index >= 15 is 0 Å². The molecule has 0 saturated heterocycles. The summed E-state index contributed by atoms with van der Waals surface area (Å²) in [5.41, 5.74) is 0.0173. The van der Waals surface area contributed by atoms with Crippen molar-refractivity contribution in [3.8, 4) is 11.9 Å². The van der Waals surface area contributed by atoms with Crippen LogP contribution in [0.15, 0.2) is 6.20 Å². The van der Waals surface area contributed by atoms with Gasteiger partial charge in [0, 0.05) is 6.20 Å². The lowest BCUT2D eigenvalue weighted by molar-refractivity contribution is 0.356. The molecular formula is C9H7ClFN3O2. The van der Waals surface area contributed by atoms with E-state index in [-0.39, 0.29) is 22.6 Å². The summed E-state index contributed by atoms with van der Waals surface area (Å²) >= 11 is 5.55. The quantitative estimate of drug-likeness (QED) is 0.754. The fourth-order valence-corrected chi connectivity index (χ4v) is 1.37. The molecule has 2 rings (SSSR count). The Morgan fingerprint density at radius 1 is 1.25 bits per heavy atom. The molecule has 0 atom stereocenters. The molecule has 0 radical (unpaired) electrons. The van der Waals surface area contributed by atoms with Crippen LogP contribution in [-0.4, -0.2) is 29.2 Å². The number of nitrogens with zero attached hydrogens (tertiary/aromatic N) is 3. The van der Waals surface area contributed by atoms with Gasteiger partial charge >= 0.3 is 6.01 Å². The third-order valence-electron chi connectivity index (χ3n) is 1.96. The monoisotopic (exact) mass is 243 g/mol. The Bertz CT molecular complexity index is 550. The Morgan fingerprint density at radius 3 is 2.62 bits per heavy atom. The summed E-state index contributed by atoms with van der Waals surface area (Å²) in [6.45, 7) is 0. The van der Waals surface area contributed by atoms with E-state index in [1.165, 1.54) is 20.4 Å². The van der Waals surface area contributed by atoms with E-state index in [2.05, 4.69) is 15.0 Å². The molecule has 2 heterocycles. The van der Waals surface area contributed by atoms with Crippen molar-refractivity contribution in [2.45, 2.75) is 0 Å². The first-order chi connectivity index (χ1) is 7.67. The minimum atomic E-state index is -0.724. The molecule has 7 heteroatoms. The fraction of sp³-hybridized carbons (Fsp3) is 0.222. The van der Waals surface area contributed by atoms with Crippen molar-refractivity contribution in [3.63, 3.8) is 0 Å². The van der Waals surface area contributed by atoms with E-state index in [0.717, 1.165) is 0 Å². The molecule has 2 aromatic heterocycles. The number of hydrogen-bond donors (Lipinski definition) is 0. The number of rotatable bonds is 2. The zero-order valence-electron chi connectivity index (χ0n) is 8.49. The normalized spacial score (nSPS) is 10.5. The van der Waals surface area contributed by atoms with Gasteiger partial charge in [-0.1, -0.05) is 11.6 Å². The van der Waals surface area contributed by atoms with Gasteiger partial charge in [0.15, 0.2) is 11.0 Å². The van der Waals surface area contributed by atoms with Gasteiger partial charge in [0.25, 0.3) is 0 Å². The number of ether oxygens (including phenoxy) is 2. The van der Waals surface area contributed by atoms with Gasteiger partial charge in [-0.05, 0) is 0 Å². The number of pyridine rings is 1. The second-order valence-electron chi connectivity index (χ2n) is 2.84. The van der Waals surface area contributed by atoms with Gasteiger partial charge in [-0.25, -0.2) is 9.37 Å². The lowest BCUT2D eigenvalue weighted by atomic mass is 10.3. The van der Waals surface area contributed by atoms with E-state index in [1.54, 1.807) is 0 Å². The minimum Gasteiger partial charge on any atom is -0.480 e. The molecule has 0 bridgehead atoms. The predicted octanol–water partition coefficient (Wildman–Crippen LogP) is 1.83. The second kappa shape index (κ2) is 4.05. The Labute approximate surface area is 95.2 Å². The number of hydrogen-bond acceptors (Lipinski definition) is 5. The van der Waals surface area contributed by atoms with E-state index in [4.69, 9.17) is 21.1 Å². The molecule has 0 amide bonds. The van der Waals surface area contributed by atoms with Crippen LogP contribution in [0.5, 0.6) is 11.9 Å². The molecule has 0 saturated carbocycles. The molecule has 84 valence electrons. The first-order valence-electron chi connectivity index (χ1n) is 4.27. The number of aromatic nitrogens is 3. The highest BCUT2D eigenvalue weighted by molar-refractivity contribution is 6.30. The standard InChI is InChI=1S/C9H7ClFN3O2/c1-15-8-4-3-12-7(10)5(11)6(4)13-9(14-8)16-2/h3H,1-2H3. The summed E-state index contributed by atoms with van der Waals surface area (Å²) < 4.78 is 23.4. The minimum absolute atomic E-state index is 0.00511. The maximum absolute atomic E-state index is 13.6. The van der Waals surface area contributed by atoms with E-state index in [1.807, 2.05) is 0 Å². The summed E-state index contributed by atoms with van der Waals surface area (Å²) in [6, 6.07) is 0.00511. The average molecular weight is 244 g/mol. The van der Waals surface area contributed by atoms with Crippen LogP contribution >= 0.6 is 11.6 Å². The molecule has 5 nitrogen and oxygen atoms in total. The molecule has 0 spiro atoms. The average Bonchev–Trinajstić information content (AvgIpc) is 2.32. The molecule has 0 fully saturated rings. The molecule has 2 aromatic rings. The Morgan fingerprint density at radius 2 is 2.00 bits per heavy atom. The van der Waals surface area contributed by atoms with Crippen molar-refractivity contribution >= 4 is 22.5 Å². The van der Waals surface area contributed by atoms with Crippen molar-refractivity contribution in [1.82, 2.24) is 15.0 Å². The topological polar surface area (TPSA) is 57.1 Å². The van der Waals surface area contributed by atoms with Crippen molar-refractivity contribution in [1.29, 1.82) is 0 Å². The number of fused-ring (bicyclic) bond motifs is 1. The SMILES string of the molecule is COc1nc(OC)c2cnc(Cl)c(F)c2n1. The summed E-state index contributed by atoms with van der Waals surface area (Å²) in [4.78, 5) is 11.4. The first-order valence-corrected chi connectivity index (χ1v) is 4.65. The first kappa shape index (κ1) is 10.8. The summed E-state index contributed by atoms with van der Waals surface area (Å²) in [6.07, 6.45) is 1.35. The van der Waals surface area contributed by atoms with Crippen LogP contribution in [0, 0.1) is 5.82 Å². The van der Waals surface area contributed by atoms with Crippen LogP contribution in [0.2, 0.25) is 5.15 Å². The Balaban J connectivity index is 2.84. The zero-order chi connectivity index (χ0) is 11.7. The van der Waals surface area contributed by atoms with Gasteiger partial charge in [-0.2, -0.15) is 9.97 Å². The van der Waals surface area contributed by atoms with Crippen molar-refractivity contribution in [2.24, 2.45) is 0 Å². The summed E-state index contributed by atoms with van der Waals surface area (Å²) in [5.74, 6) is -0.539. The van der Waals surface area contributed by atoms with Crippen LogP contribution in [0.1, 0.15) is 0 Å². The third-order valence-corrected chi connectivity index (χ3v) is 2.23. The Hall–Kier alpha value is -1.69. The fourth-order valence-electron chi connectivity index (χ4n) is 1.24. The summed E-state index contributed by atoms with van der Waals surface area (Å²) in [5, 5.41) is 0.0838. The number of methoxy groups -OCH3 is 2. The van der Waals surface area contributed by atoms with Crippen LogP contribution in [0.4, 0.5) is 4.39 Å². The molecule has 0 aliphatic heterocycles. The van der Waals surface area contributed by atoms with Crippen LogP contribution in [-0.2, 0) is 0 Å². The van der Waals surface area contributed by atoms with Crippen LogP contribution in [0.3, 0.4) is 0 Å². The lowest BCUT2D eigenvalue weighted by Gasteiger charge is -2.06. The highest BCUT2D eigenvalue weighted by Crippen LogP contribution is 2.28. The molecular weight excluding hydrogens is 237 g/mol. The van der Waals surface area contributed by atoms with Crippen molar-refractivity contribution in [2.75, 3.05) is 14.2 Å². The molecule has 0 unspecified atom stereocenters. The van der Waals surface area contributed by atoms with Crippen molar-refractivity contribution in [3.05, 3.63) is 17.2 Å². The van der Waals surface area contributed by atoms with E-state index in [0.29, 0.717) is 5.39 Å². The molecule has 0 aliphatic rings. The highest BCUT2D eigenvalue weighted by atomic mass is 35.5. The van der Waals surface area contributed by atoms with Gasteiger partial charge < -0.3 is 9.47 Å². The largest absolute Gasteiger partial charge is 0.480 e. The van der Waals surface area contributed by atoms with Gasteiger partial charge in [0.2, 0.25) is 5.88 Å². The van der Waals surface area contributed by atoms with Crippen LogP contribution < -0.4 is 9.47 Å². The van der Waals surface area contributed by atoms with E-state index < -0.39 is 5.82 Å². The van der Waals surface area contributed by atoms with Crippen molar-refractivity contribution < 1.29 is 13.9 Å². The van der Waals surface area contributed by atoms with Gasteiger partial charge in [0.1, 0.15) is 5.52 Å². The van der Waals surface area contributed by atoms with Gasteiger partial charge in [-0.3, -0.25) is 0 Å². The highest BCUT2D eigenvalue weighted by Gasteiger charge is 2.15. The third kappa shape index (κ3) is 1.61. The molecule has 0 aliphatic carbocycles. The van der Waals surface area contributed by atoms with Gasteiger partial charge in [-0.15, -0.1) is 0 Å². The van der Waals surface area contributed by atoms with Crippen LogP contribution in [0.25, 0.3) is 10.9 Å². The lowest BCUT2D eigenvalue weighted by Crippen LogP contribution is -1.99. The maximum atomic E-state index is 13.6. The summed E-state index contributed by atoms with van der Waals surface area (Å²) in [7, 11) is 2.79. The zero-order valence-corrected chi connectivity index (χ0v) is 9.25. The van der Waals surface area contributed by atoms with E-state index in [9.17, 15) is 4.39 Å². The molecule has 16 heavy (non-hydrogen) atoms. The molecule has 0 N–H and O–H groups in total. The number of halogens is 2. The molecule has 0 aromatic carbocycles. The second-order valence-corrected chi connectivity index (χ2v) is 3.20. The maximum Gasteiger partial charge on any atom is 0.320 e. The Kier molecular flexibility index (Phi) is 2.74. The van der Waals surface area contributed by atoms with Gasteiger partial charge in [0.05, 0.1) is 19.6 Å². The predicted molar refractivity (Wildman–Crippen MR) is 55.4 cm³/mol. The smallest absolute Gasteiger partial charge is 0.320 e.